The molecule has 1 heterocycles. The Balaban J connectivity index is 1.90. The number of aromatic nitrogens is 2. The lowest BCUT2D eigenvalue weighted by Gasteiger charge is -2.52. The second-order valence-electron chi connectivity index (χ2n) is 6.61. The molecule has 0 unspecified atom stereocenters. The summed E-state index contributed by atoms with van der Waals surface area (Å²) in [4.78, 5) is 0. The Bertz CT molecular complexity index is 454. The maximum atomic E-state index is 10.6. The number of aryl methyl sites for hydroxylation is 1. The third-order valence-electron chi connectivity index (χ3n) is 4.57. The molecular formula is C15H27N3O2. The van der Waals surface area contributed by atoms with Crippen LogP contribution in [0.5, 0.6) is 0 Å². The van der Waals surface area contributed by atoms with Gasteiger partial charge in [0.1, 0.15) is 5.60 Å². The van der Waals surface area contributed by atoms with Crippen LogP contribution in [-0.4, -0.2) is 40.2 Å². The number of hydrogen-bond acceptors (Lipinski definition) is 4. The predicted octanol–water partition coefficient (Wildman–Crippen LogP) is 1.42. The number of rotatable bonds is 6. The van der Waals surface area contributed by atoms with E-state index in [2.05, 4.69) is 24.3 Å². The summed E-state index contributed by atoms with van der Waals surface area (Å²) in [5.41, 5.74) is 0.0493. The molecule has 1 aromatic heterocycles. The predicted molar refractivity (Wildman–Crippen MR) is 78.4 cm³/mol. The Morgan fingerprint density at radius 1 is 1.60 bits per heavy atom. The van der Waals surface area contributed by atoms with Crippen LogP contribution >= 0.6 is 0 Å². The molecule has 0 aliphatic heterocycles. The molecule has 114 valence electrons. The van der Waals surface area contributed by atoms with E-state index in [-0.39, 0.29) is 5.41 Å². The minimum absolute atomic E-state index is 0.112. The zero-order valence-electron chi connectivity index (χ0n) is 13.2. The Morgan fingerprint density at radius 2 is 2.30 bits per heavy atom. The minimum Gasteiger partial charge on any atom is -0.384 e. The summed E-state index contributed by atoms with van der Waals surface area (Å²) >= 11 is 0. The summed E-state index contributed by atoms with van der Waals surface area (Å²) in [5, 5.41) is 18.2. The van der Waals surface area contributed by atoms with E-state index in [1.54, 1.807) is 10.9 Å². The average Bonchev–Trinajstić information content (AvgIpc) is 2.80. The first-order valence-electron chi connectivity index (χ1n) is 7.34. The third-order valence-corrected chi connectivity index (χ3v) is 4.57. The van der Waals surface area contributed by atoms with Crippen molar-refractivity contribution in [3.05, 3.63) is 18.0 Å². The number of hydrogen-bond donors (Lipinski definition) is 2. The quantitative estimate of drug-likeness (QED) is 0.828. The van der Waals surface area contributed by atoms with Gasteiger partial charge < -0.3 is 15.2 Å². The van der Waals surface area contributed by atoms with Gasteiger partial charge in [-0.05, 0) is 20.3 Å². The zero-order valence-corrected chi connectivity index (χ0v) is 13.2. The van der Waals surface area contributed by atoms with Gasteiger partial charge in [0.15, 0.2) is 0 Å². The Hall–Kier alpha value is -0.910. The van der Waals surface area contributed by atoms with Gasteiger partial charge in [-0.2, -0.15) is 5.10 Å². The second kappa shape index (κ2) is 5.47. The Labute approximate surface area is 121 Å². The Kier molecular flexibility index (Phi) is 4.23. The topological polar surface area (TPSA) is 59.3 Å². The molecule has 3 atom stereocenters. The van der Waals surface area contributed by atoms with Gasteiger partial charge in [0.05, 0.1) is 12.3 Å². The van der Waals surface area contributed by atoms with E-state index >= 15 is 0 Å². The van der Waals surface area contributed by atoms with Crippen molar-refractivity contribution in [2.45, 2.75) is 51.9 Å². The molecule has 0 aromatic carbocycles. The monoisotopic (exact) mass is 281 g/mol. The summed E-state index contributed by atoms with van der Waals surface area (Å²) in [6, 6.07) is 0.377. The van der Waals surface area contributed by atoms with Crippen molar-refractivity contribution in [3.8, 4) is 0 Å². The van der Waals surface area contributed by atoms with Crippen LogP contribution in [0.1, 0.15) is 39.7 Å². The molecule has 1 aliphatic rings. The molecule has 1 aliphatic carbocycles. The largest absolute Gasteiger partial charge is 0.384 e. The van der Waals surface area contributed by atoms with Crippen LogP contribution in [0.25, 0.3) is 0 Å². The fourth-order valence-electron chi connectivity index (χ4n) is 2.84. The second-order valence-corrected chi connectivity index (χ2v) is 6.61. The van der Waals surface area contributed by atoms with Gasteiger partial charge in [0.2, 0.25) is 0 Å². The van der Waals surface area contributed by atoms with E-state index in [9.17, 15) is 5.11 Å². The first-order chi connectivity index (χ1) is 9.27. The first kappa shape index (κ1) is 15.5. The normalized spacial score (nSPS) is 27.9. The van der Waals surface area contributed by atoms with E-state index in [1.165, 1.54) is 0 Å². The lowest BCUT2D eigenvalue weighted by atomic mass is 9.64. The fourth-order valence-corrected chi connectivity index (χ4v) is 2.84. The van der Waals surface area contributed by atoms with Gasteiger partial charge in [-0.25, -0.2) is 0 Å². The molecule has 0 amide bonds. The molecule has 5 heteroatoms. The van der Waals surface area contributed by atoms with Gasteiger partial charge in [0.25, 0.3) is 0 Å². The molecule has 5 nitrogen and oxygen atoms in total. The molecule has 1 aromatic rings. The van der Waals surface area contributed by atoms with Crippen molar-refractivity contribution in [1.82, 2.24) is 15.1 Å². The highest BCUT2D eigenvalue weighted by atomic mass is 16.5. The van der Waals surface area contributed by atoms with Crippen molar-refractivity contribution in [1.29, 1.82) is 0 Å². The maximum Gasteiger partial charge on any atom is 0.102 e. The average molecular weight is 281 g/mol. The summed E-state index contributed by atoms with van der Waals surface area (Å²) in [6.45, 7) is 9.56. The minimum atomic E-state index is -0.902. The first-order valence-corrected chi connectivity index (χ1v) is 7.34. The van der Waals surface area contributed by atoms with E-state index < -0.39 is 5.60 Å². The van der Waals surface area contributed by atoms with Crippen LogP contribution in [0, 0.1) is 5.41 Å². The molecule has 0 saturated heterocycles. The molecule has 2 rings (SSSR count). The van der Waals surface area contributed by atoms with Gasteiger partial charge in [-0.3, -0.25) is 4.68 Å². The molecule has 1 fully saturated rings. The van der Waals surface area contributed by atoms with Crippen LogP contribution in [0.15, 0.2) is 12.4 Å². The highest BCUT2D eigenvalue weighted by Crippen LogP contribution is 2.43. The maximum absolute atomic E-state index is 10.6. The van der Waals surface area contributed by atoms with Crippen molar-refractivity contribution in [2.24, 2.45) is 12.5 Å². The lowest BCUT2D eigenvalue weighted by Crippen LogP contribution is -2.62. The van der Waals surface area contributed by atoms with Crippen LogP contribution in [0.3, 0.4) is 0 Å². The van der Waals surface area contributed by atoms with Crippen molar-refractivity contribution >= 4 is 0 Å². The van der Waals surface area contributed by atoms with Gasteiger partial charge in [0, 0.05) is 43.4 Å². The molecule has 20 heavy (non-hydrogen) atoms. The molecule has 0 bridgehead atoms. The standard InChI is InChI=1S/C15H27N3O2/c1-6-20-13-7-12(14(13,2)3)16-10-15(4,19)11-8-17-18(5)9-11/h8-9,12-13,16,19H,6-7,10H2,1-5H3/t12-,13+,15+/m0/s1. The smallest absolute Gasteiger partial charge is 0.102 e. The molecule has 0 spiro atoms. The van der Waals surface area contributed by atoms with Gasteiger partial charge in [-0.15, -0.1) is 0 Å². The van der Waals surface area contributed by atoms with Crippen LogP contribution in [-0.2, 0) is 17.4 Å². The van der Waals surface area contributed by atoms with Crippen LogP contribution in [0.4, 0.5) is 0 Å². The lowest BCUT2D eigenvalue weighted by molar-refractivity contribution is -0.118. The summed E-state index contributed by atoms with van der Waals surface area (Å²) in [7, 11) is 1.86. The van der Waals surface area contributed by atoms with E-state index in [0.717, 1.165) is 18.6 Å². The highest BCUT2D eigenvalue weighted by molar-refractivity contribution is 5.15. The van der Waals surface area contributed by atoms with Gasteiger partial charge in [-0.1, -0.05) is 13.8 Å². The number of nitrogens with zero attached hydrogens (tertiary/aromatic N) is 2. The van der Waals surface area contributed by atoms with E-state index in [0.29, 0.717) is 18.7 Å². The third kappa shape index (κ3) is 2.90. The highest BCUT2D eigenvalue weighted by Gasteiger charge is 2.49. The SMILES string of the molecule is CCO[C@@H]1C[C@H](NC[C@@](C)(O)c2cnn(C)c2)C1(C)C. The van der Waals surface area contributed by atoms with Crippen LogP contribution in [0.2, 0.25) is 0 Å². The summed E-state index contributed by atoms with van der Waals surface area (Å²) in [6.07, 6.45) is 4.89. The molecule has 1 saturated carbocycles. The number of nitrogens with one attached hydrogen (secondary N) is 1. The van der Waals surface area contributed by atoms with Crippen molar-refractivity contribution < 1.29 is 9.84 Å². The Morgan fingerprint density at radius 3 is 2.80 bits per heavy atom. The number of aliphatic hydroxyl groups is 1. The number of ether oxygens (including phenoxy) is 1. The van der Waals surface area contributed by atoms with E-state index in [1.807, 2.05) is 27.1 Å². The van der Waals surface area contributed by atoms with E-state index in [4.69, 9.17) is 4.74 Å². The molecular weight excluding hydrogens is 254 g/mol. The molecule has 0 radical (unpaired) electrons. The fraction of sp³-hybridized carbons (Fsp3) is 0.800. The van der Waals surface area contributed by atoms with Gasteiger partial charge >= 0.3 is 0 Å². The molecule has 2 N–H and O–H groups in total. The van der Waals surface area contributed by atoms with Crippen molar-refractivity contribution in [3.63, 3.8) is 0 Å². The zero-order chi connectivity index (χ0) is 15.0. The van der Waals surface area contributed by atoms with Crippen molar-refractivity contribution in [2.75, 3.05) is 13.2 Å². The summed E-state index contributed by atoms with van der Waals surface area (Å²) in [5.74, 6) is 0. The summed E-state index contributed by atoms with van der Waals surface area (Å²) < 4.78 is 7.44. The van der Waals surface area contributed by atoms with Crippen LogP contribution < -0.4 is 5.32 Å².